The van der Waals surface area contributed by atoms with Crippen LogP contribution in [0.1, 0.15) is 25.7 Å². The largest absolute Gasteiger partial charge is 0.325 e. The third-order valence-electron chi connectivity index (χ3n) is 3.82. The van der Waals surface area contributed by atoms with E-state index >= 15 is 0 Å². The molecule has 23 heavy (non-hydrogen) atoms. The standard InChI is InChI=1S/C16H21F3N2OS/c17-12-2-3-14(23-10-15(18)19)13(9-12)21-16(22)4-1-11-5-7-20-8-6-11/h2-3,9,11,15,20H,1,4-8,10H2,(H,21,22). The molecule has 2 N–H and O–H groups in total. The molecule has 3 nitrogen and oxygen atoms in total. The molecule has 1 saturated heterocycles. The van der Waals surface area contributed by atoms with Gasteiger partial charge in [0.1, 0.15) is 5.82 Å². The summed E-state index contributed by atoms with van der Waals surface area (Å²) in [7, 11) is 0. The number of hydrogen-bond donors (Lipinski definition) is 2. The van der Waals surface area contributed by atoms with Crippen LogP contribution in [0.5, 0.6) is 0 Å². The monoisotopic (exact) mass is 346 g/mol. The fourth-order valence-corrected chi connectivity index (χ4v) is 3.33. The molecule has 1 aliphatic heterocycles. The number of hydrogen-bond acceptors (Lipinski definition) is 3. The van der Waals surface area contributed by atoms with Crippen LogP contribution in [-0.2, 0) is 4.79 Å². The second kappa shape index (κ2) is 9.17. The fraction of sp³-hybridized carbons (Fsp3) is 0.562. The van der Waals surface area contributed by atoms with Gasteiger partial charge in [-0.2, -0.15) is 0 Å². The average molecular weight is 346 g/mol. The summed E-state index contributed by atoms with van der Waals surface area (Å²) in [4.78, 5) is 12.5. The number of rotatable bonds is 7. The van der Waals surface area contributed by atoms with Crippen LogP contribution in [0.3, 0.4) is 0 Å². The van der Waals surface area contributed by atoms with Gasteiger partial charge >= 0.3 is 0 Å². The van der Waals surface area contributed by atoms with Gasteiger partial charge in [-0.25, -0.2) is 13.2 Å². The normalized spacial score (nSPS) is 15.8. The lowest BCUT2D eigenvalue weighted by Crippen LogP contribution is -2.28. The highest BCUT2D eigenvalue weighted by Crippen LogP contribution is 2.29. The van der Waals surface area contributed by atoms with Crippen LogP contribution < -0.4 is 10.6 Å². The molecule has 0 radical (unpaired) electrons. The van der Waals surface area contributed by atoms with E-state index in [2.05, 4.69) is 10.6 Å². The summed E-state index contributed by atoms with van der Waals surface area (Å²) in [5.74, 6) is -0.556. The third-order valence-corrected chi connectivity index (χ3v) is 4.90. The van der Waals surface area contributed by atoms with Crippen molar-refractivity contribution in [3.63, 3.8) is 0 Å². The Morgan fingerprint density at radius 3 is 2.78 bits per heavy atom. The zero-order valence-corrected chi connectivity index (χ0v) is 13.6. The second-order valence-corrected chi connectivity index (χ2v) is 6.68. The number of benzene rings is 1. The molecule has 1 fully saturated rings. The van der Waals surface area contributed by atoms with Gasteiger partial charge in [0, 0.05) is 11.3 Å². The molecule has 0 bridgehead atoms. The van der Waals surface area contributed by atoms with Crippen molar-refractivity contribution in [1.29, 1.82) is 0 Å². The highest BCUT2D eigenvalue weighted by molar-refractivity contribution is 7.99. The third kappa shape index (κ3) is 6.43. The van der Waals surface area contributed by atoms with Gasteiger partial charge in [-0.1, -0.05) is 0 Å². The Hall–Kier alpha value is -1.21. The lowest BCUT2D eigenvalue weighted by atomic mass is 9.93. The summed E-state index contributed by atoms with van der Waals surface area (Å²) in [6, 6.07) is 3.81. The molecule has 0 atom stereocenters. The number of nitrogens with one attached hydrogen (secondary N) is 2. The summed E-state index contributed by atoms with van der Waals surface area (Å²) < 4.78 is 38.0. The first-order chi connectivity index (χ1) is 11.0. The van der Waals surface area contributed by atoms with Gasteiger partial charge in [0.15, 0.2) is 0 Å². The molecular weight excluding hydrogens is 325 g/mol. The molecule has 1 aromatic rings. The van der Waals surface area contributed by atoms with Crippen molar-refractivity contribution in [3.8, 4) is 0 Å². The number of anilines is 1. The predicted octanol–water partition coefficient (Wildman–Crippen LogP) is 3.90. The maximum atomic E-state index is 13.4. The van der Waals surface area contributed by atoms with E-state index in [1.165, 1.54) is 18.2 Å². The Morgan fingerprint density at radius 1 is 1.35 bits per heavy atom. The minimum absolute atomic E-state index is 0.201. The van der Waals surface area contributed by atoms with Gasteiger partial charge in [-0.05, 0) is 56.5 Å². The zero-order valence-electron chi connectivity index (χ0n) is 12.8. The first-order valence-electron chi connectivity index (χ1n) is 7.75. The Bertz CT molecular complexity index is 522. The Kier molecular flexibility index (Phi) is 7.23. The number of thioether (sulfide) groups is 1. The summed E-state index contributed by atoms with van der Waals surface area (Å²) in [5.41, 5.74) is 0.269. The van der Waals surface area contributed by atoms with Gasteiger partial charge in [-0.15, -0.1) is 11.8 Å². The summed E-state index contributed by atoms with van der Waals surface area (Å²) >= 11 is 0.912. The molecule has 0 spiro atoms. The van der Waals surface area contributed by atoms with Crippen LogP contribution in [0.2, 0.25) is 0 Å². The summed E-state index contributed by atoms with van der Waals surface area (Å²) in [5, 5.41) is 5.93. The first-order valence-corrected chi connectivity index (χ1v) is 8.74. The molecule has 0 unspecified atom stereocenters. The smallest absolute Gasteiger partial charge is 0.247 e. The molecule has 2 rings (SSSR count). The molecule has 1 aliphatic rings. The topological polar surface area (TPSA) is 41.1 Å². The van der Waals surface area contributed by atoms with Gasteiger partial charge in [-0.3, -0.25) is 4.79 Å². The SMILES string of the molecule is O=C(CCC1CCNCC1)Nc1cc(F)ccc1SCC(F)F. The minimum Gasteiger partial charge on any atom is -0.325 e. The van der Waals surface area contributed by atoms with E-state index in [0.29, 0.717) is 17.2 Å². The van der Waals surface area contributed by atoms with Gasteiger partial charge in [0.05, 0.1) is 11.4 Å². The summed E-state index contributed by atoms with van der Waals surface area (Å²) in [6.45, 7) is 1.95. The van der Waals surface area contributed by atoms with Crippen LogP contribution >= 0.6 is 11.8 Å². The van der Waals surface area contributed by atoms with E-state index in [1.807, 2.05) is 0 Å². The number of amides is 1. The molecule has 0 aliphatic carbocycles. The molecule has 1 heterocycles. The summed E-state index contributed by atoms with van der Waals surface area (Å²) in [6.07, 6.45) is 0.821. The van der Waals surface area contributed by atoms with E-state index in [9.17, 15) is 18.0 Å². The molecule has 128 valence electrons. The van der Waals surface area contributed by atoms with Crippen LogP contribution in [0, 0.1) is 11.7 Å². The van der Waals surface area contributed by atoms with E-state index in [0.717, 1.165) is 44.1 Å². The molecule has 1 aromatic carbocycles. The lowest BCUT2D eigenvalue weighted by molar-refractivity contribution is -0.116. The van der Waals surface area contributed by atoms with E-state index in [4.69, 9.17) is 0 Å². The van der Waals surface area contributed by atoms with Crippen molar-refractivity contribution in [2.75, 3.05) is 24.2 Å². The lowest BCUT2D eigenvalue weighted by Gasteiger charge is -2.22. The van der Waals surface area contributed by atoms with Crippen molar-refractivity contribution < 1.29 is 18.0 Å². The van der Waals surface area contributed by atoms with E-state index < -0.39 is 12.2 Å². The second-order valence-electron chi connectivity index (χ2n) is 5.62. The molecule has 7 heteroatoms. The van der Waals surface area contributed by atoms with Gasteiger partial charge in [0.2, 0.25) is 12.3 Å². The number of alkyl halides is 2. The number of carbonyl (C=O) groups is 1. The van der Waals surface area contributed by atoms with Crippen molar-refractivity contribution in [1.82, 2.24) is 5.32 Å². The highest BCUT2D eigenvalue weighted by atomic mass is 32.2. The van der Waals surface area contributed by atoms with E-state index in [1.54, 1.807) is 0 Å². The van der Waals surface area contributed by atoms with Crippen molar-refractivity contribution in [2.24, 2.45) is 5.92 Å². The van der Waals surface area contributed by atoms with Crippen molar-refractivity contribution >= 4 is 23.4 Å². The number of carbonyl (C=O) groups excluding carboxylic acids is 1. The predicted molar refractivity (Wildman–Crippen MR) is 86.6 cm³/mol. The van der Waals surface area contributed by atoms with Gasteiger partial charge < -0.3 is 10.6 Å². The first kappa shape index (κ1) is 18.1. The molecule has 0 saturated carbocycles. The van der Waals surface area contributed by atoms with E-state index in [-0.39, 0.29) is 17.3 Å². The number of piperidine rings is 1. The fourth-order valence-electron chi connectivity index (χ4n) is 2.60. The van der Waals surface area contributed by atoms with Crippen LogP contribution in [0.4, 0.5) is 18.9 Å². The van der Waals surface area contributed by atoms with Crippen LogP contribution in [0.15, 0.2) is 23.1 Å². The maximum Gasteiger partial charge on any atom is 0.247 e. The van der Waals surface area contributed by atoms with Crippen LogP contribution in [0.25, 0.3) is 0 Å². The van der Waals surface area contributed by atoms with Crippen molar-refractivity contribution in [2.45, 2.75) is 37.0 Å². The molecular formula is C16H21F3N2OS. The zero-order chi connectivity index (χ0) is 16.7. The Labute approximate surface area is 138 Å². The molecule has 0 aromatic heterocycles. The highest BCUT2D eigenvalue weighted by Gasteiger charge is 2.16. The Balaban J connectivity index is 1.89. The quantitative estimate of drug-likeness (QED) is 0.736. The Morgan fingerprint density at radius 2 is 2.09 bits per heavy atom. The van der Waals surface area contributed by atoms with Crippen molar-refractivity contribution in [3.05, 3.63) is 24.0 Å². The maximum absolute atomic E-state index is 13.4. The van der Waals surface area contributed by atoms with Crippen LogP contribution in [-0.4, -0.2) is 31.2 Å². The minimum atomic E-state index is -2.45. The average Bonchev–Trinajstić information content (AvgIpc) is 2.53. The van der Waals surface area contributed by atoms with Gasteiger partial charge in [0.25, 0.3) is 0 Å². The molecule has 1 amide bonds. The number of halogens is 3.